The van der Waals surface area contributed by atoms with Crippen LogP contribution in [0.5, 0.6) is 23.0 Å². The molecule has 12 heteroatoms. The highest BCUT2D eigenvalue weighted by Gasteiger charge is 2.27. The van der Waals surface area contributed by atoms with E-state index in [0.29, 0.717) is 65.5 Å². The third-order valence-corrected chi connectivity index (χ3v) is 8.06. The van der Waals surface area contributed by atoms with E-state index >= 15 is 0 Å². The maximum atomic E-state index is 13.6. The lowest BCUT2D eigenvalue weighted by atomic mass is 10.1. The van der Waals surface area contributed by atoms with Crippen molar-refractivity contribution in [2.75, 3.05) is 58.6 Å². The highest BCUT2D eigenvalue weighted by atomic mass is 35.5. The zero-order chi connectivity index (χ0) is 31.3. The van der Waals surface area contributed by atoms with Crippen molar-refractivity contribution < 1.29 is 28.5 Å². The van der Waals surface area contributed by atoms with Gasteiger partial charge in [0, 0.05) is 54.9 Å². The number of aromatic nitrogens is 2. The minimum atomic E-state index is -0.264. The molecule has 3 aromatic carbocycles. The molecule has 0 bridgehead atoms. The molecule has 3 heterocycles. The topological polar surface area (TPSA) is 107 Å². The first-order chi connectivity index (χ1) is 21.9. The molecule has 1 fully saturated rings. The number of hydrogen-bond acceptors (Lipinski definition) is 9. The number of rotatable bonds is 9. The Balaban J connectivity index is 1.11. The molecule has 1 saturated heterocycles. The normalized spacial score (nSPS) is 13.8. The average Bonchev–Trinajstić information content (AvgIpc) is 3.56. The van der Waals surface area contributed by atoms with Crippen LogP contribution in [-0.4, -0.2) is 85.5 Å². The minimum absolute atomic E-state index is 0.0753. The predicted octanol–water partition coefficient (Wildman–Crippen LogP) is 4.53. The first-order valence-electron chi connectivity index (χ1n) is 14.4. The van der Waals surface area contributed by atoms with Crippen molar-refractivity contribution in [3.05, 3.63) is 88.9 Å². The Labute approximate surface area is 265 Å². The Morgan fingerprint density at radius 1 is 0.867 bits per heavy atom. The van der Waals surface area contributed by atoms with Gasteiger partial charge in [-0.3, -0.25) is 9.59 Å². The molecule has 0 saturated carbocycles. The quantitative estimate of drug-likeness (QED) is 0.264. The average molecular weight is 630 g/mol. The van der Waals surface area contributed by atoms with Crippen LogP contribution < -0.4 is 23.8 Å². The number of ether oxygens (including phenoxy) is 4. The molecule has 2 aliphatic rings. The zero-order valence-electron chi connectivity index (χ0n) is 24.9. The maximum absolute atomic E-state index is 13.6. The van der Waals surface area contributed by atoms with Crippen molar-refractivity contribution in [1.29, 1.82) is 0 Å². The van der Waals surface area contributed by atoms with Crippen molar-refractivity contribution in [3.63, 3.8) is 0 Å². The van der Waals surface area contributed by atoms with Crippen LogP contribution in [0.25, 0.3) is 11.3 Å². The number of halogens is 1. The summed E-state index contributed by atoms with van der Waals surface area (Å²) in [4.78, 5) is 32.5. The van der Waals surface area contributed by atoms with E-state index < -0.39 is 0 Å². The summed E-state index contributed by atoms with van der Waals surface area (Å²) in [6, 6.07) is 21.5. The molecule has 0 unspecified atom stereocenters. The first-order valence-corrected chi connectivity index (χ1v) is 14.8. The number of fused-ring (bicyclic) bond motifs is 1. The molecule has 0 N–H and O–H groups in total. The van der Waals surface area contributed by atoms with Gasteiger partial charge in [0.25, 0.3) is 5.91 Å². The van der Waals surface area contributed by atoms with Crippen LogP contribution in [0.4, 0.5) is 5.82 Å². The lowest BCUT2D eigenvalue weighted by molar-refractivity contribution is -0.132. The van der Waals surface area contributed by atoms with E-state index in [-0.39, 0.29) is 31.7 Å². The number of carbonyl (C=O) groups excluding carboxylic acids is 2. The van der Waals surface area contributed by atoms with Crippen LogP contribution in [0.3, 0.4) is 0 Å². The third kappa shape index (κ3) is 6.73. The van der Waals surface area contributed by atoms with Gasteiger partial charge in [0.2, 0.25) is 12.7 Å². The second-order valence-electron chi connectivity index (χ2n) is 10.6. The molecule has 6 rings (SSSR count). The van der Waals surface area contributed by atoms with E-state index in [1.165, 1.54) is 0 Å². The number of nitrogens with zero attached hydrogens (tertiary/aromatic N) is 5. The Morgan fingerprint density at radius 3 is 2.36 bits per heavy atom. The lowest BCUT2D eigenvalue weighted by Crippen LogP contribution is -2.52. The van der Waals surface area contributed by atoms with Crippen LogP contribution in [0.2, 0.25) is 5.02 Å². The van der Waals surface area contributed by atoms with E-state index in [9.17, 15) is 9.59 Å². The van der Waals surface area contributed by atoms with Crippen LogP contribution >= 0.6 is 11.6 Å². The van der Waals surface area contributed by atoms with E-state index in [2.05, 4.69) is 15.1 Å². The Hall–Kier alpha value is -5.03. The van der Waals surface area contributed by atoms with Crippen molar-refractivity contribution in [2.24, 2.45) is 0 Å². The van der Waals surface area contributed by atoms with E-state index in [0.717, 1.165) is 16.9 Å². The van der Waals surface area contributed by atoms with Gasteiger partial charge in [-0.15, -0.1) is 10.2 Å². The van der Waals surface area contributed by atoms with Gasteiger partial charge in [-0.25, -0.2) is 0 Å². The minimum Gasteiger partial charge on any atom is -0.497 e. The lowest BCUT2D eigenvalue weighted by Gasteiger charge is -2.36. The summed E-state index contributed by atoms with van der Waals surface area (Å²) in [5.41, 5.74) is 2.77. The maximum Gasteiger partial charge on any atom is 0.254 e. The summed E-state index contributed by atoms with van der Waals surface area (Å²) in [7, 11) is 3.21. The van der Waals surface area contributed by atoms with Gasteiger partial charge in [-0.1, -0.05) is 17.7 Å². The zero-order valence-corrected chi connectivity index (χ0v) is 25.7. The summed E-state index contributed by atoms with van der Waals surface area (Å²) in [6.07, 6.45) is 0. The molecular formula is C33H32ClN5O6. The van der Waals surface area contributed by atoms with Gasteiger partial charge in [-0.05, 0) is 66.2 Å². The summed E-state index contributed by atoms with van der Waals surface area (Å²) in [5.74, 6) is 2.94. The van der Waals surface area contributed by atoms with Crippen molar-refractivity contribution >= 4 is 29.2 Å². The highest BCUT2D eigenvalue weighted by molar-refractivity contribution is 6.30. The fraction of sp³-hybridized carbons (Fsp3) is 0.273. The summed E-state index contributed by atoms with van der Waals surface area (Å²) < 4.78 is 21.7. The largest absolute Gasteiger partial charge is 0.497 e. The Kier molecular flexibility index (Phi) is 8.88. The molecule has 2 amide bonds. The molecule has 45 heavy (non-hydrogen) atoms. The number of benzene rings is 3. The highest BCUT2D eigenvalue weighted by Crippen LogP contribution is 2.34. The van der Waals surface area contributed by atoms with Crippen LogP contribution in [0, 0.1) is 0 Å². The fourth-order valence-electron chi connectivity index (χ4n) is 5.33. The number of piperazine rings is 1. The number of anilines is 1. The van der Waals surface area contributed by atoms with Crippen molar-refractivity contribution in [3.8, 4) is 34.3 Å². The molecule has 2 aliphatic heterocycles. The van der Waals surface area contributed by atoms with Gasteiger partial charge in [0.1, 0.15) is 18.0 Å². The first kappa shape index (κ1) is 30.0. The van der Waals surface area contributed by atoms with Gasteiger partial charge in [0.05, 0.1) is 19.9 Å². The van der Waals surface area contributed by atoms with Crippen LogP contribution in [0.15, 0.2) is 72.8 Å². The summed E-state index contributed by atoms with van der Waals surface area (Å²) in [6.45, 7) is 2.45. The molecular weight excluding hydrogens is 598 g/mol. The number of hydrogen-bond donors (Lipinski definition) is 0. The second kappa shape index (κ2) is 13.3. The molecule has 0 atom stereocenters. The molecule has 0 radical (unpaired) electrons. The number of carbonyl (C=O) groups is 2. The van der Waals surface area contributed by atoms with Crippen molar-refractivity contribution in [2.45, 2.75) is 6.54 Å². The second-order valence-corrected chi connectivity index (χ2v) is 11.0. The molecule has 0 aliphatic carbocycles. The van der Waals surface area contributed by atoms with Crippen LogP contribution in [0.1, 0.15) is 15.9 Å². The van der Waals surface area contributed by atoms with Gasteiger partial charge < -0.3 is 33.6 Å². The van der Waals surface area contributed by atoms with E-state index in [1.807, 2.05) is 42.5 Å². The number of amides is 2. The molecule has 232 valence electrons. The van der Waals surface area contributed by atoms with E-state index in [4.69, 9.17) is 30.5 Å². The van der Waals surface area contributed by atoms with E-state index in [1.54, 1.807) is 54.4 Å². The Bertz CT molecular complexity index is 1680. The van der Waals surface area contributed by atoms with Crippen molar-refractivity contribution in [1.82, 2.24) is 20.0 Å². The SMILES string of the molecule is COc1ccc(-c2ccc(N3CCN(C(=O)CN(Cc4ccc5c(c4)OCO5)C(=O)c4ccc(Cl)cc4)CC3)nn2)c(OC)c1. The van der Waals surface area contributed by atoms with Crippen LogP contribution in [-0.2, 0) is 11.3 Å². The third-order valence-electron chi connectivity index (χ3n) is 7.81. The predicted molar refractivity (Wildman–Crippen MR) is 168 cm³/mol. The molecule has 1 aromatic heterocycles. The molecule has 0 spiro atoms. The molecule has 11 nitrogen and oxygen atoms in total. The smallest absolute Gasteiger partial charge is 0.254 e. The van der Waals surface area contributed by atoms with Gasteiger partial charge >= 0.3 is 0 Å². The number of methoxy groups -OCH3 is 2. The van der Waals surface area contributed by atoms with Gasteiger partial charge in [-0.2, -0.15) is 0 Å². The Morgan fingerprint density at radius 2 is 1.64 bits per heavy atom. The summed E-state index contributed by atoms with van der Waals surface area (Å²) >= 11 is 6.05. The summed E-state index contributed by atoms with van der Waals surface area (Å²) in [5, 5.41) is 9.42. The monoisotopic (exact) mass is 629 g/mol. The van der Waals surface area contributed by atoms with Gasteiger partial charge in [0.15, 0.2) is 17.3 Å². The molecule has 4 aromatic rings. The fourth-order valence-corrected chi connectivity index (χ4v) is 5.46. The standard InChI is InChI=1S/C33H32ClN5O6/c1-42-25-8-9-26(29(18-25)43-2)27-10-12-31(36-35-27)37-13-15-38(16-14-37)32(40)20-39(33(41)23-4-6-24(34)7-5-23)19-22-3-11-28-30(17-22)45-21-44-28/h3-12,17-18H,13-16,19-21H2,1-2H3.